The van der Waals surface area contributed by atoms with Crippen LogP contribution in [0.5, 0.6) is 0 Å². The van der Waals surface area contributed by atoms with Gasteiger partial charge >= 0.3 is 0 Å². The molecule has 1 aliphatic heterocycles. The van der Waals surface area contributed by atoms with Gasteiger partial charge in [0.05, 0.1) is 17.6 Å². The normalized spacial score (nSPS) is 32.9. The Morgan fingerprint density at radius 3 is 2.71 bits per heavy atom. The fourth-order valence-corrected chi connectivity index (χ4v) is 4.83. The first-order chi connectivity index (χ1) is 10.0. The van der Waals surface area contributed by atoms with Crippen molar-refractivity contribution in [1.29, 1.82) is 5.26 Å². The van der Waals surface area contributed by atoms with Crippen molar-refractivity contribution >= 4 is 9.84 Å². The predicted molar refractivity (Wildman–Crippen MR) is 83.7 cm³/mol. The van der Waals surface area contributed by atoms with Crippen molar-refractivity contribution in [2.45, 2.75) is 44.6 Å². The fraction of sp³-hybridized carbons (Fsp3) is 0.933. The van der Waals surface area contributed by atoms with E-state index in [1.807, 2.05) is 0 Å². The maximum absolute atomic E-state index is 11.4. The minimum absolute atomic E-state index is 0.287. The van der Waals surface area contributed by atoms with Gasteiger partial charge in [-0.15, -0.1) is 0 Å². The molecular formula is C15H27N3O2S. The van der Waals surface area contributed by atoms with Crippen molar-refractivity contribution in [2.24, 2.45) is 5.92 Å². The zero-order valence-electron chi connectivity index (χ0n) is 13.0. The van der Waals surface area contributed by atoms with Crippen LogP contribution in [-0.2, 0) is 9.84 Å². The van der Waals surface area contributed by atoms with Crippen LogP contribution < -0.4 is 5.32 Å². The van der Waals surface area contributed by atoms with Gasteiger partial charge in [-0.05, 0) is 44.7 Å². The Morgan fingerprint density at radius 2 is 2.10 bits per heavy atom. The maximum atomic E-state index is 11.4. The van der Waals surface area contributed by atoms with E-state index in [9.17, 15) is 13.7 Å². The van der Waals surface area contributed by atoms with Crippen LogP contribution in [0.2, 0.25) is 0 Å². The zero-order chi connectivity index (χ0) is 15.3. The lowest BCUT2D eigenvalue weighted by atomic mass is 9.85. The Hall–Kier alpha value is -0.640. The summed E-state index contributed by atoms with van der Waals surface area (Å²) in [6, 6.07) is 2.54. The second-order valence-electron chi connectivity index (χ2n) is 6.38. The summed E-state index contributed by atoms with van der Waals surface area (Å²) in [6.45, 7) is 5.23. The minimum Gasteiger partial charge on any atom is -0.301 e. The Balaban J connectivity index is 1.86. The molecule has 5 nitrogen and oxygen atoms in total. The summed E-state index contributed by atoms with van der Waals surface area (Å²) in [5.74, 6) is 0.970. The molecule has 21 heavy (non-hydrogen) atoms. The number of rotatable bonds is 6. The summed E-state index contributed by atoms with van der Waals surface area (Å²) in [6.07, 6.45) is 5.20. The molecule has 0 amide bonds. The number of nitrogens with zero attached hydrogens (tertiary/aromatic N) is 2. The monoisotopic (exact) mass is 313 g/mol. The molecule has 1 heterocycles. The van der Waals surface area contributed by atoms with Gasteiger partial charge in [-0.2, -0.15) is 5.26 Å². The summed E-state index contributed by atoms with van der Waals surface area (Å²) in [4.78, 5) is 2.24. The molecule has 1 aliphatic carbocycles. The fourth-order valence-electron chi connectivity index (χ4n) is 3.55. The highest BCUT2D eigenvalue weighted by Gasteiger charge is 2.42. The maximum Gasteiger partial charge on any atom is 0.152 e. The van der Waals surface area contributed by atoms with Crippen molar-refractivity contribution in [1.82, 2.24) is 10.2 Å². The summed E-state index contributed by atoms with van der Waals surface area (Å²) in [5, 5.41) is 13.1. The van der Waals surface area contributed by atoms with Crippen molar-refractivity contribution in [3.63, 3.8) is 0 Å². The van der Waals surface area contributed by atoms with Gasteiger partial charge in [-0.1, -0.05) is 13.3 Å². The molecule has 0 spiro atoms. The van der Waals surface area contributed by atoms with Crippen LogP contribution in [0.25, 0.3) is 0 Å². The number of hydrogen-bond acceptors (Lipinski definition) is 5. The highest BCUT2D eigenvalue weighted by molar-refractivity contribution is 7.91. The van der Waals surface area contributed by atoms with E-state index in [4.69, 9.17) is 0 Å². The van der Waals surface area contributed by atoms with E-state index in [1.165, 1.54) is 0 Å². The van der Waals surface area contributed by atoms with Crippen molar-refractivity contribution in [2.75, 3.05) is 37.7 Å². The standard InChI is InChI=1S/C15H27N3O2S/c1-2-7-17-15(13-16)6-3-4-14(15)5-8-18-9-11-21(19,20)12-10-18/h14,17H,2-12H2,1H3. The third kappa shape index (κ3) is 4.18. The van der Waals surface area contributed by atoms with Crippen molar-refractivity contribution in [3.05, 3.63) is 0 Å². The summed E-state index contributed by atoms with van der Waals surface area (Å²) in [7, 11) is -2.80. The van der Waals surface area contributed by atoms with Crippen molar-refractivity contribution in [3.8, 4) is 6.07 Å². The van der Waals surface area contributed by atoms with Crippen LogP contribution in [0.1, 0.15) is 39.0 Å². The molecule has 2 aliphatic rings. The molecule has 2 atom stereocenters. The molecule has 0 aromatic carbocycles. The van der Waals surface area contributed by atoms with E-state index in [2.05, 4.69) is 23.2 Å². The van der Waals surface area contributed by atoms with E-state index in [0.29, 0.717) is 19.0 Å². The second-order valence-corrected chi connectivity index (χ2v) is 8.68. The minimum atomic E-state index is -2.80. The molecule has 1 saturated heterocycles. The topological polar surface area (TPSA) is 73.2 Å². The van der Waals surface area contributed by atoms with Crippen LogP contribution in [-0.4, -0.2) is 56.5 Å². The van der Waals surface area contributed by atoms with Crippen LogP contribution in [0.15, 0.2) is 0 Å². The van der Waals surface area contributed by atoms with E-state index >= 15 is 0 Å². The van der Waals surface area contributed by atoms with E-state index in [0.717, 1.165) is 45.2 Å². The van der Waals surface area contributed by atoms with Gasteiger partial charge in [0.15, 0.2) is 9.84 Å². The van der Waals surface area contributed by atoms with Gasteiger partial charge in [-0.25, -0.2) is 8.42 Å². The molecule has 0 aromatic heterocycles. The van der Waals surface area contributed by atoms with Gasteiger partial charge in [0.2, 0.25) is 0 Å². The first kappa shape index (κ1) is 16.7. The first-order valence-corrected chi connectivity index (χ1v) is 9.92. The van der Waals surface area contributed by atoms with E-state index in [1.54, 1.807) is 0 Å². The summed E-state index contributed by atoms with van der Waals surface area (Å²) < 4.78 is 22.9. The second kappa shape index (κ2) is 7.08. The van der Waals surface area contributed by atoms with E-state index in [-0.39, 0.29) is 17.0 Å². The lowest BCUT2D eigenvalue weighted by Gasteiger charge is -2.33. The molecule has 2 rings (SSSR count). The van der Waals surface area contributed by atoms with Crippen molar-refractivity contribution < 1.29 is 8.42 Å². The molecule has 2 fully saturated rings. The zero-order valence-corrected chi connectivity index (χ0v) is 13.8. The number of nitriles is 1. The Morgan fingerprint density at radius 1 is 1.38 bits per heavy atom. The Labute approximate surface area is 128 Å². The molecule has 0 aromatic rings. The predicted octanol–water partition coefficient (Wildman–Crippen LogP) is 1.17. The summed E-state index contributed by atoms with van der Waals surface area (Å²) >= 11 is 0. The molecule has 1 saturated carbocycles. The SMILES string of the molecule is CCCNC1(C#N)CCCC1CCN1CCS(=O)(=O)CC1. The van der Waals surface area contributed by atoms with Crippen LogP contribution >= 0.6 is 0 Å². The van der Waals surface area contributed by atoms with Gasteiger partial charge in [0.1, 0.15) is 5.54 Å². The molecule has 120 valence electrons. The third-order valence-corrected chi connectivity index (χ3v) is 6.55. The third-order valence-electron chi connectivity index (χ3n) is 4.94. The Kier molecular flexibility index (Phi) is 5.64. The quantitative estimate of drug-likeness (QED) is 0.797. The van der Waals surface area contributed by atoms with Gasteiger partial charge in [-0.3, -0.25) is 5.32 Å². The largest absolute Gasteiger partial charge is 0.301 e. The summed E-state index contributed by atoms with van der Waals surface area (Å²) in [5.41, 5.74) is -0.349. The highest BCUT2D eigenvalue weighted by atomic mass is 32.2. The van der Waals surface area contributed by atoms with Crippen LogP contribution in [0, 0.1) is 17.2 Å². The smallest absolute Gasteiger partial charge is 0.152 e. The molecule has 2 unspecified atom stereocenters. The van der Waals surface area contributed by atoms with Gasteiger partial charge in [0, 0.05) is 13.1 Å². The van der Waals surface area contributed by atoms with Gasteiger partial charge in [0.25, 0.3) is 0 Å². The molecular weight excluding hydrogens is 286 g/mol. The number of sulfone groups is 1. The highest BCUT2D eigenvalue weighted by Crippen LogP contribution is 2.37. The molecule has 0 radical (unpaired) electrons. The molecule has 1 N–H and O–H groups in total. The molecule has 6 heteroatoms. The van der Waals surface area contributed by atoms with E-state index < -0.39 is 9.84 Å². The Bertz CT molecular complexity index is 472. The number of hydrogen-bond donors (Lipinski definition) is 1. The van der Waals surface area contributed by atoms with Gasteiger partial charge < -0.3 is 4.90 Å². The lowest BCUT2D eigenvalue weighted by Crippen LogP contribution is -2.49. The van der Waals surface area contributed by atoms with Crippen LogP contribution in [0.3, 0.4) is 0 Å². The average molecular weight is 313 g/mol. The molecule has 0 bridgehead atoms. The average Bonchev–Trinajstić information content (AvgIpc) is 2.87. The number of nitrogens with one attached hydrogen (secondary N) is 1. The first-order valence-electron chi connectivity index (χ1n) is 8.10. The lowest BCUT2D eigenvalue weighted by molar-refractivity contribution is 0.233. The van der Waals surface area contributed by atoms with Crippen LogP contribution in [0.4, 0.5) is 0 Å².